The molecule has 0 amide bonds. The van der Waals surface area contributed by atoms with Gasteiger partial charge in [0.1, 0.15) is 0 Å². The summed E-state index contributed by atoms with van der Waals surface area (Å²) in [4.78, 5) is 5.01. The Balaban J connectivity index is 0.794. The van der Waals surface area contributed by atoms with Gasteiger partial charge in [0.15, 0.2) is 0 Å². The SMILES string of the molecule is CCCCCC=C1c2ccccc2N(c2ccc3c(c2)C(C)(C)c2cc(C=Cc4ccc(-c5ccc(N6c7ccccc7C7(CCCC7)c7ccccc76)cc5)cc4)ccc2-3)c2ccccc2C1C. The number of rotatable bonds is 9. The minimum Gasteiger partial charge on any atom is -0.310 e. The molecule has 1 spiro atoms. The molecule has 340 valence electrons. The Morgan fingerprint density at radius 1 is 0.493 bits per heavy atom. The second-order valence-electron chi connectivity index (χ2n) is 20.6. The lowest BCUT2D eigenvalue weighted by atomic mass is 9.69. The molecule has 2 heteroatoms. The summed E-state index contributed by atoms with van der Waals surface area (Å²) >= 11 is 0. The van der Waals surface area contributed by atoms with Gasteiger partial charge in [-0.1, -0.05) is 205 Å². The van der Waals surface area contributed by atoms with E-state index in [0.29, 0.717) is 5.92 Å². The van der Waals surface area contributed by atoms with Crippen molar-refractivity contribution in [3.8, 4) is 22.3 Å². The number of nitrogens with zero attached hydrogens (tertiary/aromatic N) is 2. The van der Waals surface area contributed by atoms with Crippen LogP contribution in [0.15, 0.2) is 188 Å². The lowest BCUT2D eigenvalue weighted by molar-refractivity contribution is 0.530. The molecule has 4 aliphatic rings. The smallest absolute Gasteiger partial charge is 0.0537 e. The van der Waals surface area contributed by atoms with Crippen LogP contribution in [0.3, 0.4) is 0 Å². The number of fused-ring (bicyclic) bond motifs is 9. The predicted octanol–water partition coefficient (Wildman–Crippen LogP) is 19.0. The first-order chi connectivity index (χ1) is 33.8. The number of hydrogen-bond acceptors (Lipinski definition) is 2. The highest BCUT2D eigenvalue weighted by molar-refractivity contribution is 5.94. The van der Waals surface area contributed by atoms with Crippen molar-refractivity contribution >= 4 is 51.8 Å². The molecule has 1 atom stereocenters. The maximum atomic E-state index is 2.53. The highest BCUT2D eigenvalue weighted by Crippen LogP contribution is 2.59. The van der Waals surface area contributed by atoms with E-state index in [1.807, 2.05) is 0 Å². The van der Waals surface area contributed by atoms with Gasteiger partial charge in [-0.15, -0.1) is 0 Å². The zero-order valence-electron chi connectivity index (χ0n) is 40.7. The zero-order chi connectivity index (χ0) is 46.7. The van der Waals surface area contributed by atoms with Crippen LogP contribution in [0.5, 0.6) is 0 Å². The first-order valence-corrected chi connectivity index (χ1v) is 25.7. The van der Waals surface area contributed by atoms with Gasteiger partial charge < -0.3 is 9.80 Å². The summed E-state index contributed by atoms with van der Waals surface area (Å²) in [5.41, 5.74) is 24.9. The van der Waals surface area contributed by atoms with Gasteiger partial charge in [-0.2, -0.15) is 0 Å². The third-order valence-corrected chi connectivity index (χ3v) is 16.3. The number of anilines is 6. The molecule has 2 heterocycles. The summed E-state index contributed by atoms with van der Waals surface area (Å²) in [5, 5.41) is 0. The molecule has 0 bridgehead atoms. The lowest BCUT2D eigenvalue weighted by Crippen LogP contribution is -2.33. The minimum atomic E-state index is -0.164. The van der Waals surface area contributed by atoms with E-state index in [-0.39, 0.29) is 10.8 Å². The van der Waals surface area contributed by atoms with Gasteiger partial charge in [0.25, 0.3) is 0 Å². The average Bonchev–Trinajstić information content (AvgIpc) is 3.94. The largest absolute Gasteiger partial charge is 0.310 e. The quantitative estimate of drug-likeness (QED) is 0.105. The Kier molecular flexibility index (Phi) is 10.9. The van der Waals surface area contributed by atoms with Gasteiger partial charge in [0.05, 0.1) is 17.1 Å². The van der Waals surface area contributed by atoms with Gasteiger partial charge in [-0.3, -0.25) is 0 Å². The van der Waals surface area contributed by atoms with E-state index >= 15 is 0 Å². The molecule has 1 saturated carbocycles. The molecule has 1 unspecified atom stereocenters. The highest BCUT2D eigenvalue weighted by Gasteiger charge is 2.45. The fourth-order valence-electron chi connectivity index (χ4n) is 12.7. The number of allylic oxidation sites excluding steroid dienone is 2. The van der Waals surface area contributed by atoms with Gasteiger partial charge in [-0.25, -0.2) is 0 Å². The summed E-state index contributed by atoms with van der Waals surface area (Å²) in [6.07, 6.45) is 16.9. The molecule has 2 aliphatic heterocycles. The van der Waals surface area contributed by atoms with Crippen molar-refractivity contribution in [3.05, 3.63) is 233 Å². The van der Waals surface area contributed by atoms with Crippen LogP contribution in [0.1, 0.15) is 129 Å². The fourth-order valence-corrected chi connectivity index (χ4v) is 12.7. The van der Waals surface area contributed by atoms with Crippen molar-refractivity contribution in [1.82, 2.24) is 0 Å². The molecular formula is C67H62N2. The third-order valence-electron chi connectivity index (χ3n) is 16.3. The van der Waals surface area contributed by atoms with E-state index in [2.05, 4.69) is 238 Å². The van der Waals surface area contributed by atoms with E-state index in [9.17, 15) is 0 Å². The second kappa shape index (κ2) is 17.4. The number of benzene rings is 8. The van der Waals surface area contributed by atoms with Gasteiger partial charge in [0, 0.05) is 39.4 Å². The lowest BCUT2D eigenvalue weighted by Gasteiger charge is -2.44. The molecule has 0 aromatic heterocycles. The summed E-state index contributed by atoms with van der Waals surface area (Å²) in [6.45, 7) is 9.49. The maximum Gasteiger partial charge on any atom is 0.0537 e. The molecule has 8 aromatic rings. The van der Waals surface area contributed by atoms with Crippen LogP contribution in [0.4, 0.5) is 34.1 Å². The molecule has 1 fully saturated rings. The first-order valence-electron chi connectivity index (χ1n) is 25.7. The molecule has 69 heavy (non-hydrogen) atoms. The monoisotopic (exact) mass is 894 g/mol. The molecule has 0 radical (unpaired) electrons. The van der Waals surface area contributed by atoms with Gasteiger partial charge in [-0.05, 0) is 141 Å². The summed E-state index contributed by atoms with van der Waals surface area (Å²) in [7, 11) is 0. The average molecular weight is 895 g/mol. The van der Waals surface area contributed by atoms with Gasteiger partial charge >= 0.3 is 0 Å². The highest BCUT2D eigenvalue weighted by atomic mass is 15.2. The Hall–Kier alpha value is -7.16. The van der Waals surface area contributed by atoms with E-state index in [1.165, 1.54) is 151 Å². The molecule has 8 aromatic carbocycles. The molecule has 2 nitrogen and oxygen atoms in total. The summed E-state index contributed by atoms with van der Waals surface area (Å²) in [6, 6.07) is 68.8. The molecular weight excluding hydrogens is 833 g/mol. The first kappa shape index (κ1) is 43.1. The van der Waals surface area contributed by atoms with Crippen LogP contribution in [-0.4, -0.2) is 0 Å². The normalized spacial score (nSPS) is 17.6. The molecule has 0 N–H and O–H groups in total. The van der Waals surface area contributed by atoms with Crippen molar-refractivity contribution in [2.24, 2.45) is 0 Å². The van der Waals surface area contributed by atoms with Crippen molar-refractivity contribution in [2.75, 3.05) is 9.80 Å². The molecule has 2 aliphatic carbocycles. The van der Waals surface area contributed by atoms with E-state index in [4.69, 9.17) is 0 Å². The third kappa shape index (κ3) is 7.22. The van der Waals surface area contributed by atoms with Crippen LogP contribution in [0.25, 0.3) is 40.0 Å². The van der Waals surface area contributed by atoms with Gasteiger partial charge in [0.2, 0.25) is 0 Å². The molecule has 12 rings (SSSR count). The van der Waals surface area contributed by atoms with Crippen molar-refractivity contribution in [1.29, 1.82) is 0 Å². The maximum absolute atomic E-state index is 2.53. The number of para-hydroxylation sites is 4. The van der Waals surface area contributed by atoms with E-state index in [0.717, 1.165) is 6.42 Å². The fraction of sp³-hybridized carbons (Fsp3) is 0.224. The Bertz CT molecular complexity index is 3240. The van der Waals surface area contributed by atoms with Crippen LogP contribution >= 0.6 is 0 Å². The van der Waals surface area contributed by atoms with Crippen LogP contribution < -0.4 is 9.80 Å². The number of unbranched alkanes of at least 4 members (excludes halogenated alkanes) is 3. The van der Waals surface area contributed by atoms with Crippen molar-refractivity contribution in [2.45, 2.75) is 95.8 Å². The van der Waals surface area contributed by atoms with Crippen molar-refractivity contribution in [3.63, 3.8) is 0 Å². The Labute approximate surface area is 410 Å². The van der Waals surface area contributed by atoms with E-state index < -0.39 is 0 Å². The Morgan fingerprint density at radius 3 is 1.72 bits per heavy atom. The standard InChI is InChI=1S/C67H62N2/c1-5-6-7-8-19-53-46(2)54-20-9-13-24-62(54)69(63-25-14-10-21-57(53)63)52-39-41-56-55-40-32-48(44-60(55)66(3,4)61(56)45-52)29-28-47-30-33-49(34-31-47)50-35-37-51(38-36-50)68-64-26-15-11-22-58(64)67(42-17-18-43-67)59-23-12-16-27-65(59)68/h9-16,19-41,44-46H,5-8,17-18,42-43H2,1-4H3. The predicted molar refractivity (Wildman–Crippen MR) is 294 cm³/mol. The Morgan fingerprint density at radius 2 is 1.03 bits per heavy atom. The summed E-state index contributed by atoms with van der Waals surface area (Å²) in [5.74, 6) is 0.291. The minimum absolute atomic E-state index is 0.123. The summed E-state index contributed by atoms with van der Waals surface area (Å²) < 4.78 is 0. The zero-order valence-corrected chi connectivity index (χ0v) is 40.7. The molecule has 0 saturated heterocycles. The van der Waals surface area contributed by atoms with Crippen molar-refractivity contribution < 1.29 is 0 Å². The topological polar surface area (TPSA) is 6.48 Å². The van der Waals surface area contributed by atoms with Crippen LogP contribution in [0, 0.1) is 0 Å². The van der Waals surface area contributed by atoms with Crippen LogP contribution in [0.2, 0.25) is 0 Å². The second-order valence-corrected chi connectivity index (χ2v) is 20.6. The van der Waals surface area contributed by atoms with E-state index in [1.54, 1.807) is 0 Å². The number of hydrogen-bond donors (Lipinski definition) is 0. The van der Waals surface area contributed by atoms with Crippen LogP contribution in [-0.2, 0) is 10.8 Å².